The summed E-state index contributed by atoms with van der Waals surface area (Å²) < 4.78 is 6.73. The van der Waals surface area contributed by atoms with Gasteiger partial charge in [-0.3, -0.25) is 9.78 Å². The summed E-state index contributed by atoms with van der Waals surface area (Å²) in [5.41, 5.74) is 2.53. The molecule has 4 rings (SSSR count). The molecule has 0 fully saturated rings. The number of benzene rings is 1. The highest BCUT2D eigenvalue weighted by atomic mass is 16.5. The number of ether oxygens (including phenoxy) is 1. The molecule has 8 heteroatoms. The smallest absolute Gasteiger partial charge is 0.359 e. The van der Waals surface area contributed by atoms with Crippen molar-refractivity contribution in [2.24, 2.45) is 0 Å². The number of aromatic nitrogens is 3. The number of carbonyl (C=O) groups is 2. The molecule has 27 heavy (non-hydrogen) atoms. The molecule has 0 aliphatic carbocycles. The summed E-state index contributed by atoms with van der Waals surface area (Å²) in [6.07, 6.45) is 4.21. The fraction of sp³-hybridized carbons (Fsp3) is 0.158. The average molecular weight is 363 g/mol. The van der Waals surface area contributed by atoms with Crippen molar-refractivity contribution in [3.05, 3.63) is 71.8 Å². The van der Waals surface area contributed by atoms with E-state index in [0.717, 1.165) is 5.69 Å². The summed E-state index contributed by atoms with van der Waals surface area (Å²) in [5, 5.41) is 10.4. The molecule has 0 saturated heterocycles. The molecule has 3 aromatic rings. The Morgan fingerprint density at radius 2 is 2.04 bits per heavy atom. The summed E-state index contributed by atoms with van der Waals surface area (Å²) in [4.78, 5) is 28.9. The van der Waals surface area contributed by atoms with Gasteiger partial charge in [0, 0.05) is 18.0 Å². The van der Waals surface area contributed by atoms with E-state index in [4.69, 9.17) is 4.74 Å². The minimum atomic E-state index is -0.633. The summed E-state index contributed by atoms with van der Waals surface area (Å²) in [6.45, 7) is 1.96. The number of nitrogens with zero attached hydrogens (tertiary/aromatic N) is 3. The van der Waals surface area contributed by atoms with E-state index >= 15 is 0 Å². The number of carbonyl (C=O) groups excluding carboxylic acids is 2. The van der Waals surface area contributed by atoms with Gasteiger partial charge in [-0.05, 0) is 25.1 Å². The van der Waals surface area contributed by atoms with Crippen molar-refractivity contribution >= 4 is 17.6 Å². The number of para-hydroxylation sites is 1. The third-order valence-corrected chi connectivity index (χ3v) is 4.18. The summed E-state index contributed by atoms with van der Waals surface area (Å²) in [7, 11) is 0. The van der Waals surface area contributed by atoms with Crippen LogP contribution in [0.2, 0.25) is 0 Å². The molecule has 2 N–H and O–H groups in total. The van der Waals surface area contributed by atoms with Crippen LogP contribution in [0.4, 0.5) is 5.69 Å². The minimum absolute atomic E-state index is 0.144. The third-order valence-electron chi connectivity index (χ3n) is 4.18. The minimum Gasteiger partial charge on any atom is -0.461 e. The van der Waals surface area contributed by atoms with Crippen LogP contribution < -0.4 is 10.6 Å². The molecule has 1 atom stereocenters. The van der Waals surface area contributed by atoms with Crippen molar-refractivity contribution in [1.29, 1.82) is 0 Å². The molecule has 0 radical (unpaired) electrons. The Morgan fingerprint density at radius 3 is 2.81 bits per heavy atom. The largest absolute Gasteiger partial charge is 0.461 e. The molecule has 0 bridgehead atoms. The van der Waals surface area contributed by atoms with Crippen molar-refractivity contribution in [2.45, 2.75) is 13.1 Å². The van der Waals surface area contributed by atoms with Crippen LogP contribution in [0.1, 0.15) is 39.5 Å². The van der Waals surface area contributed by atoms with Crippen molar-refractivity contribution in [1.82, 2.24) is 20.1 Å². The molecule has 1 aliphatic heterocycles. The van der Waals surface area contributed by atoms with E-state index in [1.807, 2.05) is 30.3 Å². The molecule has 0 saturated carbocycles. The van der Waals surface area contributed by atoms with Crippen LogP contribution in [-0.4, -0.2) is 33.2 Å². The predicted octanol–water partition coefficient (Wildman–Crippen LogP) is 2.30. The molecular formula is C19H17N5O3. The van der Waals surface area contributed by atoms with Crippen molar-refractivity contribution in [2.75, 3.05) is 11.9 Å². The number of pyridine rings is 1. The quantitative estimate of drug-likeness (QED) is 0.690. The predicted molar refractivity (Wildman–Crippen MR) is 97.6 cm³/mol. The standard InChI is InChI=1S/C19H17N5O3/c1-2-27-19(26)16-14(11-24(23-16)12-6-4-3-5-7-12)17-21-15-10-20-9-8-13(15)18(25)22-17/h3-11,17,21H,2H2,1H3,(H,22,25)/t17-/m1/s1. The highest BCUT2D eigenvalue weighted by molar-refractivity contribution is 6.01. The lowest BCUT2D eigenvalue weighted by atomic mass is 10.1. The molecule has 0 unspecified atom stereocenters. The van der Waals surface area contributed by atoms with Gasteiger partial charge in [0.1, 0.15) is 6.17 Å². The van der Waals surface area contributed by atoms with Crippen molar-refractivity contribution < 1.29 is 14.3 Å². The van der Waals surface area contributed by atoms with E-state index in [1.54, 1.807) is 36.3 Å². The lowest BCUT2D eigenvalue weighted by Crippen LogP contribution is -2.39. The highest BCUT2D eigenvalue weighted by Gasteiger charge is 2.30. The van der Waals surface area contributed by atoms with E-state index < -0.39 is 12.1 Å². The van der Waals surface area contributed by atoms with Crippen LogP contribution in [-0.2, 0) is 4.74 Å². The third kappa shape index (κ3) is 3.12. The van der Waals surface area contributed by atoms with Crippen LogP contribution in [0, 0.1) is 0 Å². The first-order chi connectivity index (χ1) is 13.2. The van der Waals surface area contributed by atoms with Crippen molar-refractivity contribution in [3.8, 4) is 5.69 Å². The lowest BCUT2D eigenvalue weighted by Gasteiger charge is -2.27. The fourth-order valence-electron chi connectivity index (χ4n) is 2.93. The molecule has 8 nitrogen and oxygen atoms in total. The monoisotopic (exact) mass is 363 g/mol. The second kappa shape index (κ2) is 6.91. The molecular weight excluding hydrogens is 346 g/mol. The molecule has 1 amide bonds. The Balaban J connectivity index is 1.76. The van der Waals surface area contributed by atoms with E-state index in [2.05, 4.69) is 20.7 Å². The number of esters is 1. The SMILES string of the molecule is CCOC(=O)c1nn(-c2ccccc2)cc1[C@H]1NC(=O)c2ccncc2N1. The zero-order valence-electron chi connectivity index (χ0n) is 14.5. The number of nitrogens with one attached hydrogen (secondary N) is 2. The second-order valence-electron chi connectivity index (χ2n) is 5.91. The van der Waals surface area contributed by atoms with Crippen LogP contribution in [0.25, 0.3) is 5.69 Å². The first-order valence-electron chi connectivity index (χ1n) is 8.51. The summed E-state index contributed by atoms with van der Waals surface area (Å²) >= 11 is 0. The van der Waals surface area contributed by atoms with Gasteiger partial charge in [0.05, 0.1) is 29.7 Å². The Hall–Kier alpha value is -3.68. The number of hydrogen-bond acceptors (Lipinski definition) is 6. The fourth-order valence-corrected chi connectivity index (χ4v) is 2.93. The Morgan fingerprint density at radius 1 is 1.22 bits per heavy atom. The number of anilines is 1. The van der Waals surface area contributed by atoms with Gasteiger partial charge < -0.3 is 15.4 Å². The number of fused-ring (bicyclic) bond motifs is 1. The second-order valence-corrected chi connectivity index (χ2v) is 5.91. The Labute approximate surface area is 155 Å². The van der Waals surface area contributed by atoms with E-state index in [1.165, 1.54) is 0 Å². The first kappa shape index (κ1) is 16.8. The van der Waals surface area contributed by atoms with Gasteiger partial charge >= 0.3 is 5.97 Å². The van der Waals surface area contributed by atoms with Gasteiger partial charge in [-0.1, -0.05) is 18.2 Å². The zero-order valence-corrected chi connectivity index (χ0v) is 14.5. The molecule has 0 spiro atoms. The van der Waals surface area contributed by atoms with Crippen LogP contribution in [0.5, 0.6) is 0 Å². The number of amides is 1. The topological polar surface area (TPSA) is 98.1 Å². The Bertz CT molecular complexity index is 1000. The maximum atomic E-state index is 12.4. The highest BCUT2D eigenvalue weighted by Crippen LogP contribution is 2.28. The molecule has 136 valence electrons. The summed E-state index contributed by atoms with van der Waals surface area (Å²) in [5.74, 6) is -0.798. The van der Waals surface area contributed by atoms with Gasteiger partial charge in [0.25, 0.3) is 5.91 Å². The molecule has 1 aliphatic rings. The first-order valence-corrected chi connectivity index (χ1v) is 8.51. The van der Waals surface area contributed by atoms with E-state index in [0.29, 0.717) is 16.8 Å². The average Bonchev–Trinajstić information content (AvgIpc) is 3.14. The summed E-state index contributed by atoms with van der Waals surface area (Å²) in [6, 6.07) is 11.0. The van der Waals surface area contributed by atoms with Gasteiger partial charge in [0.2, 0.25) is 0 Å². The van der Waals surface area contributed by atoms with Gasteiger partial charge in [-0.25, -0.2) is 9.48 Å². The van der Waals surface area contributed by atoms with Gasteiger partial charge in [0.15, 0.2) is 5.69 Å². The molecule has 2 aromatic heterocycles. The Kier molecular flexibility index (Phi) is 4.29. The van der Waals surface area contributed by atoms with E-state index in [9.17, 15) is 9.59 Å². The van der Waals surface area contributed by atoms with Crippen LogP contribution in [0.3, 0.4) is 0 Å². The van der Waals surface area contributed by atoms with Gasteiger partial charge in [-0.2, -0.15) is 5.10 Å². The maximum absolute atomic E-state index is 12.4. The number of rotatable bonds is 4. The van der Waals surface area contributed by atoms with Gasteiger partial charge in [-0.15, -0.1) is 0 Å². The van der Waals surface area contributed by atoms with Crippen LogP contribution >= 0.6 is 0 Å². The molecule has 1 aromatic carbocycles. The molecule has 3 heterocycles. The van der Waals surface area contributed by atoms with Crippen molar-refractivity contribution in [3.63, 3.8) is 0 Å². The number of hydrogen-bond donors (Lipinski definition) is 2. The van der Waals surface area contributed by atoms with E-state index in [-0.39, 0.29) is 18.2 Å². The maximum Gasteiger partial charge on any atom is 0.359 e. The zero-order chi connectivity index (χ0) is 18.8. The van der Waals surface area contributed by atoms with Crippen LogP contribution in [0.15, 0.2) is 55.0 Å². The lowest BCUT2D eigenvalue weighted by molar-refractivity contribution is 0.0516. The normalized spacial score (nSPS) is 15.4.